The van der Waals surface area contributed by atoms with Crippen molar-refractivity contribution in [3.05, 3.63) is 35.4 Å². The molecule has 0 saturated carbocycles. The Balaban J connectivity index is 2.51. The zero-order chi connectivity index (χ0) is 19.1. The molecule has 0 radical (unpaired) electrons. The third-order valence-electron chi connectivity index (χ3n) is 3.91. The molecule has 0 heterocycles. The molecule has 0 amide bonds. The molecule has 0 aliphatic rings. The molecule has 140 valence electrons. The summed E-state index contributed by atoms with van der Waals surface area (Å²) in [6, 6.07) is 7.44. The van der Waals surface area contributed by atoms with Gasteiger partial charge in [-0.3, -0.25) is 0 Å². The Morgan fingerprint density at radius 2 is 0.808 bits per heavy atom. The van der Waals surface area contributed by atoms with Gasteiger partial charge in [-0.2, -0.15) is 0 Å². The van der Waals surface area contributed by atoms with Crippen molar-refractivity contribution in [2.75, 3.05) is 42.7 Å². The van der Waals surface area contributed by atoms with E-state index in [0.29, 0.717) is 34.5 Å². The van der Waals surface area contributed by atoms with Crippen molar-refractivity contribution >= 4 is 12.2 Å². The van der Waals surface area contributed by atoms with Crippen molar-refractivity contribution in [1.29, 1.82) is 0 Å². The average molecular weight is 360 g/mol. The van der Waals surface area contributed by atoms with Gasteiger partial charge in [0.05, 0.1) is 42.7 Å². The minimum atomic E-state index is 0.538. The van der Waals surface area contributed by atoms with Gasteiger partial charge in [-0.1, -0.05) is 12.2 Å². The Hall–Kier alpha value is -3.02. The highest BCUT2D eigenvalue weighted by Crippen LogP contribution is 2.42. The van der Waals surface area contributed by atoms with E-state index in [0.717, 1.165) is 11.1 Å². The molecule has 0 aromatic heterocycles. The lowest BCUT2D eigenvalue weighted by molar-refractivity contribution is 0.324. The Kier molecular flexibility index (Phi) is 6.60. The summed E-state index contributed by atoms with van der Waals surface area (Å²) in [6.07, 6.45) is 3.81. The fraction of sp³-hybridized carbons (Fsp3) is 0.300. The number of hydrogen-bond donors (Lipinski definition) is 0. The molecular formula is C20H24O6. The predicted octanol–water partition coefficient (Wildman–Crippen LogP) is 3.91. The second-order valence-electron chi connectivity index (χ2n) is 5.18. The lowest BCUT2D eigenvalue weighted by Crippen LogP contribution is -1.97. The van der Waals surface area contributed by atoms with Crippen LogP contribution in [0.3, 0.4) is 0 Å². The van der Waals surface area contributed by atoms with Crippen LogP contribution < -0.4 is 28.4 Å². The zero-order valence-electron chi connectivity index (χ0n) is 15.9. The van der Waals surface area contributed by atoms with Gasteiger partial charge in [-0.05, 0) is 24.3 Å². The van der Waals surface area contributed by atoms with E-state index in [2.05, 4.69) is 0 Å². The van der Waals surface area contributed by atoms with Crippen LogP contribution in [-0.4, -0.2) is 42.7 Å². The lowest BCUT2D eigenvalue weighted by atomic mass is 10.1. The molecule has 0 atom stereocenters. The molecule has 2 rings (SSSR count). The van der Waals surface area contributed by atoms with E-state index in [1.54, 1.807) is 42.7 Å². The second kappa shape index (κ2) is 8.89. The Morgan fingerprint density at radius 1 is 0.462 bits per heavy atom. The van der Waals surface area contributed by atoms with Gasteiger partial charge < -0.3 is 28.4 Å². The molecule has 26 heavy (non-hydrogen) atoms. The van der Waals surface area contributed by atoms with E-state index in [1.165, 1.54) is 0 Å². The first kappa shape index (κ1) is 19.3. The molecule has 2 aromatic carbocycles. The molecule has 0 aliphatic carbocycles. The fourth-order valence-electron chi connectivity index (χ4n) is 2.69. The molecule has 0 N–H and O–H groups in total. The largest absolute Gasteiger partial charge is 0.493 e. The van der Waals surface area contributed by atoms with Crippen molar-refractivity contribution < 1.29 is 28.4 Å². The summed E-state index contributed by atoms with van der Waals surface area (Å²) < 4.78 is 32.5. The molecule has 0 bridgehead atoms. The van der Waals surface area contributed by atoms with Crippen molar-refractivity contribution in [2.45, 2.75) is 0 Å². The van der Waals surface area contributed by atoms with Crippen LogP contribution in [-0.2, 0) is 0 Å². The molecule has 0 spiro atoms. The first-order valence-corrected chi connectivity index (χ1v) is 7.91. The Labute approximate surface area is 153 Å². The lowest BCUT2D eigenvalue weighted by Gasteiger charge is -2.15. The highest BCUT2D eigenvalue weighted by Gasteiger charge is 2.16. The summed E-state index contributed by atoms with van der Waals surface area (Å²) in [5, 5.41) is 0. The average Bonchev–Trinajstić information content (AvgIpc) is 2.70. The van der Waals surface area contributed by atoms with Crippen LogP contribution >= 0.6 is 0 Å². The minimum absolute atomic E-state index is 0.538. The third-order valence-corrected chi connectivity index (χ3v) is 3.91. The number of hydrogen-bond acceptors (Lipinski definition) is 6. The van der Waals surface area contributed by atoms with E-state index in [9.17, 15) is 0 Å². The molecule has 0 saturated heterocycles. The second-order valence-corrected chi connectivity index (χ2v) is 5.18. The highest BCUT2D eigenvalue weighted by atomic mass is 16.5. The van der Waals surface area contributed by atoms with Crippen LogP contribution in [0.15, 0.2) is 24.3 Å². The van der Waals surface area contributed by atoms with Crippen molar-refractivity contribution in [2.24, 2.45) is 0 Å². The molecule has 2 aromatic rings. The molecule has 0 fully saturated rings. The summed E-state index contributed by atoms with van der Waals surface area (Å²) >= 11 is 0. The standard InChI is InChI=1S/C20H24O6/c1-21-15-11-9-13(17(23-3)19(15)25-5)7-8-14-10-12-16(22-2)20(26-6)18(14)24-4/h7-12H,1-6H3. The number of rotatable bonds is 8. The quantitative estimate of drug-likeness (QED) is 0.666. The van der Waals surface area contributed by atoms with Crippen LogP contribution in [0.2, 0.25) is 0 Å². The summed E-state index contributed by atoms with van der Waals surface area (Å²) in [5.41, 5.74) is 1.67. The van der Waals surface area contributed by atoms with Crippen LogP contribution in [0.5, 0.6) is 34.5 Å². The van der Waals surface area contributed by atoms with E-state index in [4.69, 9.17) is 28.4 Å². The van der Waals surface area contributed by atoms with Gasteiger partial charge in [0.1, 0.15) is 0 Å². The summed E-state index contributed by atoms with van der Waals surface area (Å²) in [5.74, 6) is 3.45. The highest BCUT2D eigenvalue weighted by molar-refractivity contribution is 5.79. The number of benzene rings is 2. The smallest absolute Gasteiger partial charge is 0.203 e. The van der Waals surface area contributed by atoms with Gasteiger partial charge in [0.2, 0.25) is 11.5 Å². The first-order valence-electron chi connectivity index (χ1n) is 7.91. The summed E-state index contributed by atoms with van der Waals surface area (Å²) in [6.45, 7) is 0. The zero-order valence-corrected chi connectivity index (χ0v) is 15.9. The van der Waals surface area contributed by atoms with Crippen LogP contribution in [0.25, 0.3) is 12.2 Å². The molecular weight excluding hydrogens is 336 g/mol. The van der Waals surface area contributed by atoms with E-state index in [1.807, 2.05) is 36.4 Å². The van der Waals surface area contributed by atoms with E-state index >= 15 is 0 Å². The number of methoxy groups -OCH3 is 6. The maximum atomic E-state index is 5.50. The maximum Gasteiger partial charge on any atom is 0.203 e. The molecule has 6 nitrogen and oxygen atoms in total. The predicted molar refractivity (Wildman–Crippen MR) is 101 cm³/mol. The van der Waals surface area contributed by atoms with Crippen LogP contribution in [0, 0.1) is 0 Å². The Bertz CT molecular complexity index is 717. The SMILES string of the molecule is COc1ccc(C=Cc2ccc(OC)c(OC)c2OC)c(OC)c1OC. The van der Waals surface area contributed by atoms with Gasteiger partial charge in [-0.15, -0.1) is 0 Å². The third kappa shape index (κ3) is 3.64. The van der Waals surface area contributed by atoms with Crippen LogP contribution in [0.4, 0.5) is 0 Å². The summed E-state index contributed by atoms with van der Waals surface area (Å²) in [7, 11) is 9.50. The van der Waals surface area contributed by atoms with E-state index in [-0.39, 0.29) is 0 Å². The van der Waals surface area contributed by atoms with Gasteiger partial charge in [-0.25, -0.2) is 0 Å². The monoisotopic (exact) mass is 360 g/mol. The first-order chi connectivity index (χ1) is 12.6. The molecule has 6 heteroatoms. The van der Waals surface area contributed by atoms with E-state index < -0.39 is 0 Å². The topological polar surface area (TPSA) is 55.4 Å². The van der Waals surface area contributed by atoms with Crippen molar-refractivity contribution in [3.8, 4) is 34.5 Å². The fourth-order valence-corrected chi connectivity index (χ4v) is 2.69. The van der Waals surface area contributed by atoms with Gasteiger partial charge in [0.15, 0.2) is 23.0 Å². The van der Waals surface area contributed by atoms with Crippen molar-refractivity contribution in [3.63, 3.8) is 0 Å². The van der Waals surface area contributed by atoms with Gasteiger partial charge in [0, 0.05) is 11.1 Å². The van der Waals surface area contributed by atoms with Gasteiger partial charge in [0.25, 0.3) is 0 Å². The minimum Gasteiger partial charge on any atom is -0.493 e. The van der Waals surface area contributed by atoms with Crippen molar-refractivity contribution in [1.82, 2.24) is 0 Å². The number of ether oxygens (including phenoxy) is 6. The summed E-state index contributed by atoms with van der Waals surface area (Å²) in [4.78, 5) is 0. The Morgan fingerprint density at radius 3 is 1.08 bits per heavy atom. The maximum absolute atomic E-state index is 5.50. The normalized spacial score (nSPS) is 10.5. The van der Waals surface area contributed by atoms with Crippen LogP contribution in [0.1, 0.15) is 11.1 Å². The molecule has 0 unspecified atom stereocenters. The molecule has 0 aliphatic heterocycles. The van der Waals surface area contributed by atoms with Gasteiger partial charge >= 0.3 is 0 Å².